The smallest absolute Gasteiger partial charge is 0.264 e. The number of likely N-dealkylation sites (N-methyl/N-ethyl adjacent to an activating group) is 1. The average molecular weight is 603 g/mol. The second-order valence-electron chi connectivity index (χ2n) is 8.47. The van der Waals surface area contributed by atoms with Gasteiger partial charge in [-0.2, -0.15) is 0 Å². The largest absolute Gasteiger partial charge is 0.494 e. The van der Waals surface area contributed by atoms with Crippen molar-refractivity contribution in [2.24, 2.45) is 0 Å². The maximum Gasteiger partial charge on any atom is 0.264 e. The van der Waals surface area contributed by atoms with E-state index >= 15 is 0 Å². The van der Waals surface area contributed by atoms with E-state index in [4.69, 9.17) is 4.74 Å². The summed E-state index contributed by atoms with van der Waals surface area (Å²) in [5.41, 5.74) is 1.13. The van der Waals surface area contributed by atoms with Gasteiger partial charge in [-0.15, -0.1) is 0 Å². The van der Waals surface area contributed by atoms with Crippen LogP contribution in [0.3, 0.4) is 0 Å². The van der Waals surface area contributed by atoms with E-state index in [1.54, 1.807) is 56.3 Å². The van der Waals surface area contributed by atoms with Crippen LogP contribution in [0.1, 0.15) is 26.3 Å². The minimum Gasteiger partial charge on any atom is -0.494 e. The Labute approximate surface area is 232 Å². The van der Waals surface area contributed by atoms with Crippen LogP contribution in [0.15, 0.2) is 88.2 Å². The van der Waals surface area contributed by atoms with Crippen molar-refractivity contribution in [3.05, 3.63) is 88.9 Å². The molecule has 0 aliphatic carbocycles. The second kappa shape index (κ2) is 13.4. The zero-order valence-corrected chi connectivity index (χ0v) is 24.0. The molecule has 0 unspecified atom stereocenters. The summed E-state index contributed by atoms with van der Waals surface area (Å²) in [7, 11) is -4.13. The second-order valence-corrected chi connectivity index (χ2v) is 11.3. The van der Waals surface area contributed by atoms with E-state index in [1.807, 2.05) is 31.2 Å². The molecule has 0 fully saturated rings. The van der Waals surface area contributed by atoms with Gasteiger partial charge in [0.25, 0.3) is 10.0 Å². The third-order valence-corrected chi connectivity index (χ3v) is 8.09. The maximum atomic E-state index is 13.8. The number of nitrogens with zero attached hydrogens (tertiary/aromatic N) is 2. The number of hydrogen-bond acceptors (Lipinski definition) is 5. The highest BCUT2D eigenvalue weighted by molar-refractivity contribution is 9.10. The standard InChI is InChI=1S/C28H32BrN3O5S/c1-4-30-28(34)21(3)31(19-22-10-9-11-23(29)18-22)27(33)20-32(24-12-7-6-8-13-24)38(35,36)26-16-14-25(15-17-26)37-5-2/h6-18,21H,4-5,19-20H2,1-3H3,(H,30,34)/t21-/m0/s1. The fraction of sp³-hybridized carbons (Fsp3) is 0.286. The van der Waals surface area contributed by atoms with Crippen molar-refractivity contribution >= 4 is 43.5 Å². The molecule has 1 N–H and O–H groups in total. The molecule has 0 bridgehead atoms. The Balaban J connectivity index is 1.99. The molecule has 2 amide bonds. The van der Waals surface area contributed by atoms with Crippen LogP contribution in [0.4, 0.5) is 5.69 Å². The van der Waals surface area contributed by atoms with Gasteiger partial charge in [0.2, 0.25) is 11.8 Å². The minimum absolute atomic E-state index is 0.0212. The number of hydrogen-bond donors (Lipinski definition) is 1. The Morgan fingerprint density at radius 1 is 0.974 bits per heavy atom. The third-order valence-electron chi connectivity index (χ3n) is 5.81. The fourth-order valence-electron chi connectivity index (χ4n) is 3.86. The van der Waals surface area contributed by atoms with Crippen molar-refractivity contribution in [3.8, 4) is 5.75 Å². The molecule has 0 saturated heterocycles. The molecule has 1 atom stereocenters. The van der Waals surface area contributed by atoms with Gasteiger partial charge in [-0.05, 0) is 74.9 Å². The van der Waals surface area contributed by atoms with Crippen molar-refractivity contribution < 1.29 is 22.7 Å². The molecule has 10 heteroatoms. The predicted octanol–water partition coefficient (Wildman–Crippen LogP) is 4.60. The van der Waals surface area contributed by atoms with Crippen LogP contribution >= 0.6 is 15.9 Å². The molecule has 0 aliphatic rings. The number of nitrogens with one attached hydrogen (secondary N) is 1. The summed E-state index contributed by atoms with van der Waals surface area (Å²) in [6.45, 7) is 5.77. The van der Waals surface area contributed by atoms with E-state index in [2.05, 4.69) is 21.2 Å². The molecule has 0 saturated carbocycles. The van der Waals surface area contributed by atoms with Crippen LogP contribution in [-0.2, 0) is 26.2 Å². The molecule has 38 heavy (non-hydrogen) atoms. The van der Waals surface area contributed by atoms with Crippen molar-refractivity contribution in [2.45, 2.75) is 38.3 Å². The Morgan fingerprint density at radius 2 is 1.66 bits per heavy atom. The molecule has 202 valence electrons. The van der Waals surface area contributed by atoms with Gasteiger partial charge in [-0.25, -0.2) is 8.42 Å². The quantitative estimate of drug-likeness (QED) is 0.327. The van der Waals surface area contributed by atoms with Gasteiger partial charge >= 0.3 is 0 Å². The monoisotopic (exact) mass is 601 g/mol. The summed E-state index contributed by atoms with van der Waals surface area (Å²) < 4.78 is 34.9. The number of rotatable bonds is 12. The van der Waals surface area contributed by atoms with Crippen molar-refractivity contribution in [3.63, 3.8) is 0 Å². The molecule has 3 aromatic carbocycles. The van der Waals surface area contributed by atoms with Gasteiger partial charge in [0.1, 0.15) is 18.3 Å². The number of para-hydroxylation sites is 1. The minimum atomic E-state index is -4.13. The van der Waals surface area contributed by atoms with E-state index in [9.17, 15) is 18.0 Å². The molecule has 8 nitrogen and oxygen atoms in total. The maximum absolute atomic E-state index is 13.8. The molecule has 0 heterocycles. The molecule has 3 rings (SSSR count). The lowest BCUT2D eigenvalue weighted by Crippen LogP contribution is -2.51. The van der Waals surface area contributed by atoms with Crippen LogP contribution < -0.4 is 14.4 Å². The summed E-state index contributed by atoms with van der Waals surface area (Å²) in [4.78, 5) is 28.0. The zero-order valence-electron chi connectivity index (χ0n) is 21.6. The van der Waals surface area contributed by atoms with Crippen molar-refractivity contribution in [1.82, 2.24) is 10.2 Å². The molecule has 0 aliphatic heterocycles. The average Bonchev–Trinajstić information content (AvgIpc) is 2.91. The normalized spacial score (nSPS) is 11.9. The number of anilines is 1. The van der Waals surface area contributed by atoms with Gasteiger partial charge in [0.05, 0.1) is 17.2 Å². The fourth-order valence-corrected chi connectivity index (χ4v) is 5.72. The molecular formula is C28H32BrN3O5S. The predicted molar refractivity (Wildman–Crippen MR) is 151 cm³/mol. The van der Waals surface area contributed by atoms with Crippen molar-refractivity contribution in [2.75, 3.05) is 24.0 Å². The number of carbonyl (C=O) groups excluding carboxylic acids is 2. The Bertz CT molecular complexity index is 1330. The van der Waals surface area contributed by atoms with Crippen LogP contribution in [0.5, 0.6) is 5.75 Å². The molecule has 3 aromatic rings. The summed E-state index contributed by atoms with van der Waals surface area (Å²) in [6.07, 6.45) is 0. The Hall–Kier alpha value is -3.37. The first-order valence-electron chi connectivity index (χ1n) is 12.3. The lowest BCUT2D eigenvalue weighted by molar-refractivity contribution is -0.139. The van der Waals surface area contributed by atoms with E-state index < -0.39 is 28.5 Å². The van der Waals surface area contributed by atoms with E-state index in [0.717, 1.165) is 14.3 Å². The Morgan fingerprint density at radius 3 is 2.26 bits per heavy atom. The lowest BCUT2D eigenvalue weighted by atomic mass is 10.1. The van der Waals surface area contributed by atoms with Crippen LogP contribution in [-0.4, -0.2) is 50.9 Å². The highest BCUT2D eigenvalue weighted by atomic mass is 79.9. The number of ether oxygens (including phenoxy) is 1. The summed E-state index contributed by atoms with van der Waals surface area (Å²) in [5, 5.41) is 2.75. The first-order valence-corrected chi connectivity index (χ1v) is 14.5. The van der Waals surface area contributed by atoms with Gasteiger partial charge in [-0.3, -0.25) is 13.9 Å². The topological polar surface area (TPSA) is 96.0 Å². The number of carbonyl (C=O) groups is 2. The number of benzene rings is 3. The molecule has 0 spiro atoms. The third kappa shape index (κ3) is 7.35. The summed E-state index contributed by atoms with van der Waals surface area (Å²) in [5.74, 6) is -0.289. The van der Waals surface area contributed by atoms with Gasteiger partial charge < -0.3 is 15.0 Å². The Kier molecular flexibility index (Phi) is 10.3. The summed E-state index contributed by atoms with van der Waals surface area (Å²) in [6, 6.07) is 21.1. The highest BCUT2D eigenvalue weighted by Gasteiger charge is 2.32. The van der Waals surface area contributed by atoms with Gasteiger partial charge in [0.15, 0.2) is 0 Å². The van der Waals surface area contributed by atoms with E-state index in [-0.39, 0.29) is 17.3 Å². The molecular weight excluding hydrogens is 570 g/mol. The van der Waals surface area contributed by atoms with Crippen molar-refractivity contribution in [1.29, 1.82) is 0 Å². The first kappa shape index (κ1) is 29.2. The number of sulfonamides is 1. The van der Waals surface area contributed by atoms with Gasteiger partial charge in [0, 0.05) is 17.6 Å². The van der Waals surface area contributed by atoms with E-state index in [1.165, 1.54) is 17.0 Å². The first-order chi connectivity index (χ1) is 18.2. The zero-order chi connectivity index (χ0) is 27.7. The highest BCUT2D eigenvalue weighted by Crippen LogP contribution is 2.26. The van der Waals surface area contributed by atoms with E-state index in [0.29, 0.717) is 24.6 Å². The number of halogens is 1. The van der Waals surface area contributed by atoms with Crippen LogP contribution in [0, 0.1) is 0 Å². The molecule has 0 aromatic heterocycles. The molecule has 0 radical (unpaired) electrons. The van der Waals surface area contributed by atoms with Gasteiger partial charge in [-0.1, -0.05) is 46.3 Å². The van der Waals surface area contributed by atoms with Crippen LogP contribution in [0.2, 0.25) is 0 Å². The number of amides is 2. The van der Waals surface area contributed by atoms with Crippen LogP contribution in [0.25, 0.3) is 0 Å². The summed E-state index contributed by atoms with van der Waals surface area (Å²) >= 11 is 3.44. The SMILES string of the molecule is CCNC(=O)[C@H](C)N(Cc1cccc(Br)c1)C(=O)CN(c1ccccc1)S(=O)(=O)c1ccc(OCC)cc1. The lowest BCUT2D eigenvalue weighted by Gasteiger charge is -2.32.